The molecule has 0 amide bonds. The number of halogens is 2. The topological polar surface area (TPSA) is 0 Å². The minimum absolute atomic E-state index is 0.972. The Morgan fingerprint density at radius 2 is 1.43 bits per heavy atom. The van der Waals surface area contributed by atoms with Gasteiger partial charge in [-0.1, -0.05) is 72.3 Å². The summed E-state index contributed by atoms with van der Waals surface area (Å²) in [6.45, 7) is 2.16. The Kier molecular flexibility index (Phi) is 5.74. The van der Waals surface area contributed by atoms with Crippen LogP contribution in [0.15, 0.2) is 66.2 Å². The summed E-state index contributed by atoms with van der Waals surface area (Å²) in [5, 5.41) is 2.62. The molecule has 1 radical (unpaired) electrons. The summed E-state index contributed by atoms with van der Waals surface area (Å²) in [6.07, 6.45) is 4.54. The van der Waals surface area contributed by atoms with Gasteiger partial charge in [-0.25, -0.2) is 0 Å². The van der Waals surface area contributed by atoms with Crippen molar-refractivity contribution in [2.75, 3.05) is 0 Å². The second-order valence-corrected chi connectivity index (χ2v) is 10.6. The van der Waals surface area contributed by atoms with Crippen molar-refractivity contribution in [3.8, 4) is 11.1 Å². The van der Waals surface area contributed by atoms with E-state index in [1.165, 1.54) is 38.6 Å². The van der Waals surface area contributed by atoms with E-state index < -0.39 is 20.5 Å². The summed E-state index contributed by atoms with van der Waals surface area (Å²) in [7, 11) is 9.92. The van der Waals surface area contributed by atoms with Crippen LogP contribution in [-0.4, -0.2) is 0 Å². The number of hydrogen-bond acceptors (Lipinski definition) is 0. The Balaban J connectivity index is 0.000000485. The van der Waals surface area contributed by atoms with Gasteiger partial charge in [0.15, 0.2) is 0 Å². The zero-order chi connectivity index (χ0) is 16.2. The van der Waals surface area contributed by atoms with Crippen LogP contribution in [0.3, 0.4) is 0 Å². The average molecular weight is 505 g/mol. The predicted molar refractivity (Wildman–Crippen MR) is 98.1 cm³/mol. The number of rotatable bonds is 1. The average Bonchev–Trinajstić information content (AvgIpc) is 2.95. The fraction of sp³-hybridized carbons (Fsp3) is 0.0500. The molecular formula is C20H15Cl2Hf. The van der Waals surface area contributed by atoms with Gasteiger partial charge in [-0.2, -0.15) is 0 Å². The zero-order valence-electron chi connectivity index (χ0n) is 12.7. The fourth-order valence-electron chi connectivity index (χ4n) is 3.08. The summed E-state index contributed by atoms with van der Waals surface area (Å²) in [5.41, 5.74) is 6.65. The predicted octanol–water partition coefficient (Wildman–Crippen LogP) is 6.85. The SMILES string of the molecule is CC1=Cc2c(cccc2-c2cccc3ccccc23)[CH]1.[Cl][Hf][Cl]. The molecule has 0 bridgehead atoms. The van der Waals surface area contributed by atoms with Crippen molar-refractivity contribution in [1.82, 2.24) is 0 Å². The quantitative estimate of drug-likeness (QED) is 0.318. The molecule has 0 saturated heterocycles. The molecule has 0 atom stereocenters. The van der Waals surface area contributed by atoms with Crippen LogP contribution < -0.4 is 0 Å². The van der Waals surface area contributed by atoms with Gasteiger partial charge < -0.3 is 0 Å². The third-order valence-corrected chi connectivity index (χ3v) is 3.97. The van der Waals surface area contributed by atoms with Gasteiger partial charge >= 0.3 is 37.7 Å². The molecule has 0 aromatic heterocycles. The van der Waals surface area contributed by atoms with Gasteiger partial charge in [0.25, 0.3) is 0 Å². The molecular weight excluding hydrogens is 490 g/mol. The summed E-state index contributed by atoms with van der Waals surface area (Å²) in [4.78, 5) is 0. The molecule has 0 fully saturated rings. The Bertz CT molecular complexity index is 863. The summed E-state index contributed by atoms with van der Waals surface area (Å²) < 4.78 is 0. The van der Waals surface area contributed by atoms with Crippen molar-refractivity contribution in [2.45, 2.75) is 6.92 Å². The third kappa shape index (κ3) is 3.63. The summed E-state index contributed by atoms with van der Waals surface area (Å²) in [6, 6.07) is 21.7. The van der Waals surface area contributed by atoms with E-state index in [2.05, 4.69) is 80.1 Å². The standard InChI is InChI=1S/C20H15.2ClH.Hf/c1-14-12-16-8-5-11-19(20(16)13-14)18-10-4-7-15-6-2-3-9-17(15)18;;;/h2-13H,1H3;2*1H;/q;;;+2/p-2. The van der Waals surface area contributed by atoms with Crippen LogP contribution in [-0.2, 0) is 20.5 Å². The van der Waals surface area contributed by atoms with Gasteiger partial charge in [-0.15, -0.1) is 0 Å². The van der Waals surface area contributed by atoms with Crippen molar-refractivity contribution in [2.24, 2.45) is 0 Å². The van der Waals surface area contributed by atoms with Gasteiger partial charge in [0.2, 0.25) is 0 Å². The molecule has 1 aliphatic carbocycles. The van der Waals surface area contributed by atoms with Gasteiger partial charge in [0.1, 0.15) is 0 Å². The van der Waals surface area contributed by atoms with E-state index in [-0.39, 0.29) is 0 Å². The molecule has 0 unspecified atom stereocenters. The van der Waals surface area contributed by atoms with E-state index in [0.717, 1.165) is 0 Å². The van der Waals surface area contributed by atoms with E-state index >= 15 is 0 Å². The Morgan fingerprint density at radius 1 is 0.783 bits per heavy atom. The third-order valence-electron chi connectivity index (χ3n) is 3.97. The molecule has 0 saturated carbocycles. The molecule has 0 N–H and O–H groups in total. The van der Waals surface area contributed by atoms with Crippen LogP contribution in [0.5, 0.6) is 0 Å². The van der Waals surface area contributed by atoms with Crippen molar-refractivity contribution in [3.63, 3.8) is 0 Å². The molecule has 113 valence electrons. The van der Waals surface area contributed by atoms with Crippen LogP contribution in [0.2, 0.25) is 0 Å². The molecule has 0 spiro atoms. The van der Waals surface area contributed by atoms with Crippen LogP contribution in [0.4, 0.5) is 0 Å². The van der Waals surface area contributed by atoms with Gasteiger partial charge in [0.05, 0.1) is 0 Å². The van der Waals surface area contributed by atoms with E-state index in [1.54, 1.807) is 0 Å². The first-order valence-electron chi connectivity index (χ1n) is 7.35. The molecule has 4 rings (SSSR count). The molecule has 1 aliphatic rings. The normalized spacial score (nSPS) is 12.2. The second-order valence-electron chi connectivity index (χ2n) is 5.44. The molecule has 3 aromatic rings. The Hall–Kier alpha value is -0.890. The number of hydrogen-bond donors (Lipinski definition) is 0. The number of fused-ring (bicyclic) bond motifs is 2. The van der Waals surface area contributed by atoms with Crippen molar-refractivity contribution >= 4 is 34.0 Å². The molecule has 0 heterocycles. The fourth-order valence-corrected chi connectivity index (χ4v) is 3.08. The monoisotopic (exact) mass is 505 g/mol. The van der Waals surface area contributed by atoms with Crippen LogP contribution in [0, 0.1) is 6.42 Å². The van der Waals surface area contributed by atoms with Gasteiger partial charge in [-0.3, -0.25) is 0 Å². The first-order chi connectivity index (χ1) is 11.2. The maximum absolute atomic E-state index is 4.96. The van der Waals surface area contributed by atoms with Crippen LogP contribution in [0.25, 0.3) is 28.0 Å². The first kappa shape index (κ1) is 17.0. The van der Waals surface area contributed by atoms with E-state index in [1.807, 2.05) is 0 Å². The van der Waals surface area contributed by atoms with E-state index in [0.29, 0.717) is 0 Å². The molecule has 23 heavy (non-hydrogen) atoms. The summed E-state index contributed by atoms with van der Waals surface area (Å²) >= 11 is -0.972. The maximum atomic E-state index is 4.96. The van der Waals surface area contributed by atoms with E-state index in [9.17, 15) is 0 Å². The molecule has 3 heteroatoms. The van der Waals surface area contributed by atoms with Crippen molar-refractivity contribution in [1.29, 1.82) is 0 Å². The van der Waals surface area contributed by atoms with Gasteiger partial charge in [-0.05, 0) is 39.9 Å². The van der Waals surface area contributed by atoms with Crippen LogP contribution >= 0.6 is 17.2 Å². The number of benzene rings is 3. The Labute approximate surface area is 155 Å². The molecule has 0 aliphatic heterocycles. The number of allylic oxidation sites excluding steroid dienone is 1. The van der Waals surface area contributed by atoms with Gasteiger partial charge in [0, 0.05) is 6.42 Å². The molecule has 3 aromatic carbocycles. The Morgan fingerprint density at radius 3 is 2.26 bits per heavy atom. The summed E-state index contributed by atoms with van der Waals surface area (Å²) in [5.74, 6) is 0. The van der Waals surface area contributed by atoms with Crippen LogP contribution in [0.1, 0.15) is 18.1 Å². The van der Waals surface area contributed by atoms with Crippen molar-refractivity contribution in [3.05, 3.63) is 83.8 Å². The second kappa shape index (κ2) is 7.79. The minimum atomic E-state index is -0.972. The zero-order valence-corrected chi connectivity index (χ0v) is 17.8. The molecule has 0 nitrogen and oxygen atoms in total. The van der Waals surface area contributed by atoms with E-state index in [4.69, 9.17) is 17.2 Å². The van der Waals surface area contributed by atoms with Crippen molar-refractivity contribution < 1.29 is 20.5 Å². The first-order valence-corrected chi connectivity index (χ1v) is 16.3.